The largest absolute Gasteiger partial charge is 0.416 e. The van der Waals surface area contributed by atoms with Crippen molar-refractivity contribution in [3.05, 3.63) is 35.7 Å². The molecule has 0 aliphatic carbocycles. The van der Waals surface area contributed by atoms with E-state index in [9.17, 15) is 13.2 Å². The number of hydrogen-bond donors (Lipinski definition) is 0. The van der Waals surface area contributed by atoms with Gasteiger partial charge in [-0.3, -0.25) is 0 Å². The Hall–Kier alpha value is -1.35. The van der Waals surface area contributed by atoms with Gasteiger partial charge < -0.3 is 9.80 Å². The number of nitrogens with zero attached hydrogens (tertiary/aromatic N) is 5. The third kappa shape index (κ3) is 4.79. The molecule has 2 heterocycles. The van der Waals surface area contributed by atoms with Gasteiger partial charge in [0, 0.05) is 24.7 Å². The van der Waals surface area contributed by atoms with E-state index in [2.05, 4.69) is 19.9 Å². The topological polar surface area (TPSA) is 45.2 Å². The van der Waals surface area contributed by atoms with Crippen LogP contribution in [0, 0.1) is 0 Å². The van der Waals surface area contributed by atoms with E-state index in [1.807, 2.05) is 19.0 Å². The molecule has 1 aliphatic heterocycles. The standard InChI is InChI=1S/C17H17Cl3F3N5/c1-27(2)12-6-7-28(9-12)15-25-13(24-14(26-15)16(18,19)20)10-4-3-5-11(8-10)17(21,22)23/h3-5,8,12H,6-7,9H2,1-2H3. The van der Waals surface area contributed by atoms with Crippen LogP contribution in [-0.2, 0) is 9.97 Å². The first-order valence-corrected chi connectivity index (χ1v) is 9.51. The Balaban J connectivity index is 2.05. The van der Waals surface area contributed by atoms with Crippen molar-refractivity contribution in [2.45, 2.75) is 22.4 Å². The minimum atomic E-state index is -4.49. The van der Waals surface area contributed by atoms with E-state index in [0.717, 1.165) is 18.6 Å². The summed E-state index contributed by atoms with van der Waals surface area (Å²) in [5.74, 6) is 0.155. The molecule has 1 aromatic carbocycles. The molecule has 0 bridgehead atoms. The smallest absolute Gasteiger partial charge is 0.339 e. The minimum absolute atomic E-state index is 0.0192. The molecule has 5 nitrogen and oxygen atoms in total. The third-order valence-corrected chi connectivity index (χ3v) is 5.01. The molecule has 152 valence electrons. The van der Waals surface area contributed by atoms with E-state index in [1.54, 1.807) is 0 Å². The monoisotopic (exact) mass is 453 g/mol. The zero-order chi connectivity index (χ0) is 20.7. The van der Waals surface area contributed by atoms with Gasteiger partial charge in [-0.25, -0.2) is 4.98 Å². The Morgan fingerprint density at radius 1 is 1.11 bits per heavy atom. The van der Waals surface area contributed by atoms with Crippen molar-refractivity contribution in [2.75, 3.05) is 32.1 Å². The summed E-state index contributed by atoms with van der Waals surface area (Å²) in [4.78, 5) is 16.7. The van der Waals surface area contributed by atoms with Crippen LogP contribution in [0.25, 0.3) is 11.4 Å². The SMILES string of the molecule is CN(C)C1CCN(c2nc(-c3cccc(C(F)(F)F)c3)nc(C(Cl)(Cl)Cl)n2)C1. The van der Waals surface area contributed by atoms with Gasteiger partial charge in [-0.2, -0.15) is 23.1 Å². The fourth-order valence-corrected chi connectivity index (χ4v) is 3.20. The second-order valence-corrected chi connectivity index (χ2v) is 8.99. The summed E-state index contributed by atoms with van der Waals surface area (Å²) in [5, 5.41) is 0. The fourth-order valence-electron chi connectivity index (χ4n) is 2.94. The maximum Gasteiger partial charge on any atom is 0.416 e. The molecule has 11 heteroatoms. The van der Waals surface area contributed by atoms with Crippen molar-refractivity contribution in [3.8, 4) is 11.4 Å². The summed E-state index contributed by atoms with van der Waals surface area (Å²) in [7, 11) is 3.95. The van der Waals surface area contributed by atoms with E-state index >= 15 is 0 Å². The van der Waals surface area contributed by atoms with E-state index in [0.29, 0.717) is 19.1 Å². The summed E-state index contributed by atoms with van der Waals surface area (Å²) >= 11 is 17.9. The Morgan fingerprint density at radius 3 is 2.39 bits per heavy atom. The number of likely N-dealkylation sites (N-methyl/N-ethyl adjacent to an activating group) is 1. The first-order chi connectivity index (χ1) is 12.9. The van der Waals surface area contributed by atoms with Crippen molar-refractivity contribution in [1.29, 1.82) is 0 Å². The van der Waals surface area contributed by atoms with Crippen LogP contribution in [0.15, 0.2) is 24.3 Å². The molecule has 1 aliphatic rings. The first kappa shape index (κ1) is 21.4. The van der Waals surface area contributed by atoms with E-state index in [1.165, 1.54) is 12.1 Å². The lowest BCUT2D eigenvalue weighted by Crippen LogP contribution is -2.32. The highest BCUT2D eigenvalue weighted by atomic mass is 35.6. The van der Waals surface area contributed by atoms with Crippen molar-refractivity contribution in [2.24, 2.45) is 0 Å². The molecule has 1 aromatic heterocycles. The highest BCUT2D eigenvalue weighted by Crippen LogP contribution is 2.38. The minimum Gasteiger partial charge on any atom is -0.339 e. The van der Waals surface area contributed by atoms with Gasteiger partial charge in [-0.05, 0) is 32.6 Å². The molecule has 3 rings (SSSR count). The molecule has 1 fully saturated rings. The van der Waals surface area contributed by atoms with Gasteiger partial charge >= 0.3 is 6.18 Å². The van der Waals surface area contributed by atoms with Crippen LogP contribution in [0.4, 0.5) is 19.1 Å². The van der Waals surface area contributed by atoms with Crippen molar-refractivity contribution < 1.29 is 13.2 Å². The number of halogens is 6. The van der Waals surface area contributed by atoms with E-state index in [-0.39, 0.29) is 23.2 Å². The van der Waals surface area contributed by atoms with Gasteiger partial charge in [-0.1, -0.05) is 46.9 Å². The molecular weight excluding hydrogens is 438 g/mol. The van der Waals surface area contributed by atoms with Gasteiger partial charge in [-0.15, -0.1) is 0 Å². The molecule has 0 N–H and O–H groups in total. The Kier molecular flexibility index (Phi) is 5.96. The molecule has 1 saturated heterocycles. The maximum absolute atomic E-state index is 13.1. The van der Waals surface area contributed by atoms with Crippen LogP contribution in [0.1, 0.15) is 17.8 Å². The maximum atomic E-state index is 13.1. The lowest BCUT2D eigenvalue weighted by molar-refractivity contribution is -0.137. The van der Waals surface area contributed by atoms with Gasteiger partial charge in [0.25, 0.3) is 0 Å². The number of hydrogen-bond acceptors (Lipinski definition) is 5. The highest BCUT2D eigenvalue weighted by Gasteiger charge is 2.33. The molecule has 0 amide bonds. The summed E-state index contributed by atoms with van der Waals surface area (Å²) < 4.78 is 37.3. The first-order valence-electron chi connectivity index (χ1n) is 8.37. The normalized spacial score (nSPS) is 18.2. The molecule has 2 aromatic rings. The quantitative estimate of drug-likeness (QED) is 0.638. The predicted molar refractivity (Wildman–Crippen MR) is 104 cm³/mol. The number of aromatic nitrogens is 3. The number of alkyl halides is 6. The average molecular weight is 455 g/mol. The number of anilines is 1. The fraction of sp³-hybridized carbons (Fsp3) is 0.471. The molecule has 0 spiro atoms. The van der Waals surface area contributed by atoms with Gasteiger partial charge in [0.2, 0.25) is 9.74 Å². The highest BCUT2D eigenvalue weighted by molar-refractivity contribution is 6.66. The lowest BCUT2D eigenvalue weighted by Gasteiger charge is -2.21. The third-order valence-electron chi connectivity index (χ3n) is 4.50. The van der Waals surface area contributed by atoms with Crippen LogP contribution >= 0.6 is 34.8 Å². The van der Waals surface area contributed by atoms with E-state index < -0.39 is 15.5 Å². The molecule has 28 heavy (non-hydrogen) atoms. The van der Waals surface area contributed by atoms with Crippen molar-refractivity contribution >= 4 is 40.8 Å². The van der Waals surface area contributed by atoms with Crippen molar-refractivity contribution in [1.82, 2.24) is 19.9 Å². The summed E-state index contributed by atoms with van der Waals surface area (Å²) in [6.07, 6.45) is -3.60. The van der Waals surface area contributed by atoms with Gasteiger partial charge in [0.15, 0.2) is 11.6 Å². The Morgan fingerprint density at radius 2 is 1.82 bits per heavy atom. The van der Waals surface area contributed by atoms with Crippen LogP contribution in [0.3, 0.4) is 0 Å². The zero-order valence-electron chi connectivity index (χ0n) is 15.0. The molecule has 0 radical (unpaired) electrons. The van der Waals surface area contributed by atoms with Crippen LogP contribution in [-0.4, -0.2) is 53.1 Å². The van der Waals surface area contributed by atoms with Gasteiger partial charge in [0.05, 0.1) is 5.56 Å². The zero-order valence-corrected chi connectivity index (χ0v) is 17.3. The van der Waals surface area contributed by atoms with E-state index in [4.69, 9.17) is 34.8 Å². The Labute approximate surface area is 175 Å². The lowest BCUT2D eigenvalue weighted by atomic mass is 10.1. The number of benzene rings is 1. The average Bonchev–Trinajstić information content (AvgIpc) is 3.10. The van der Waals surface area contributed by atoms with Gasteiger partial charge in [0.1, 0.15) is 0 Å². The van der Waals surface area contributed by atoms with Crippen LogP contribution < -0.4 is 4.90 Å². The summed E-state index contributed by atoms with van der Waals surface area (Å²) in [6, 6.07) is 5.00. The molecular formula is C17H17Cl3F3N5. The molecule has 1 atom stereocenters. The summed E-state index contributed by atoms with van der Waals surface area (Å²) in [5.41, 5.74) is -0.645. The summed E-state index contributed by atoms with van der Waals surface area (Å²) in [6.45, 7) is 1.33. The van der Waals surface area contributed by atoms with Crippen LogP contribution in [0.2, 0.25) is 0 Å². The molecule has 0 saturated carbocycles. The number of rotatable bonds is 3. The second kappa shape index (κ2) is 7.82. The Bertz CT molecular complexity index is 855. The van der Waals surface area contributed by atoms with Crippen LogP contribution in [0.5, 0.6) is 0 Å². The predicted octanol–water partition coefficient (Wildman–Crippen LogP) is 4.52. The van der Waals surface area contributed by atoms with Crippen molar-refractivity contribution in [3.63, 3.8) is 0 Å². The molecule has 1 unspecified atom stereocenters. The second-order valence-electron chi connectivity index (χ2n) is 6.71.